The molecule has 2 fully saturated rings. The second-order valence-corrected chi connectivity index (χ2v) is 14.7. The third kappa shape index (κ3) is 8.88. The summed E-state index contributed by atoms with van der Waals surface area (Å²) in [6.45, 7) is 10.6. The molecule has 4 aromatic carbocycles. The number of hydrogen-bond donors (Lipinski definition) is 2. The molecule has 0 bridgehead atoms. The molecule has 10 heteroatoms. The number of fused-ring (bicyclic) bond motifs is 2. The van der Waals surface area contributed by atoms with Gasteiger partial charge in [-0.2, -0.15) is 0 Å². The van der Waals surface area contributed by atoms with Gasteiger partial charge in [-0.15, -0.1) is 0 Å². The van der Waals surface area contributed by atoms with Crippen LogP contribution in [0.2, 0.25) is 0 Å². The van der Waals surface area contributed by atoms with Crippen LogP contribution in [-0.4, -0.2) is 80.8 Å². The number of carbonyl (C=O) groups excluding carboxylic acids is 2. The molecule has 8 rings (SSSR count). The number of benzene rings is 4. The molecule has 2 atom stereocenters. The van der Waals surface area contributed by atoms with Gasteiger partial charge in [-0.3, -0.25) is 9.59 Å². The molecular formula is C45H50N8O2. The van der Waals surface area contributed by atoms with Crippen LogP contribution in [0.3, 0.4) is 0 Å². The highest BCUT2D eigenvalue weighted by Gasteiger charge is 2.25. The van der Waals surface area contributed by atoms with E-state index >= 15 is 0 Å². The summed E-state index contributed by atoms with van der Waals surface area (Å²) in [6, 6.07) is 32.4. The van der Waals surface area contributed by atoms with E-state index in [0.29, 0.717) is 39.8 Å². The summed E-state index contributed by atoms with van der Waals surface area (Å²) in [5, 5.41) is 1.85. The molecule has 2 aliphatic heterocycles. The van der Waals surface area contributed by atoms with E-state index < -0.39 is 11.8 Å². The number of hydrogen-bond acceptors (Lipinski definition) is 8. The highest BCUT2D eigenvalue weighted by atomic mass is 16.1. The summed E-state index contributed by atoms with van der Waals surface area (Å²) in [6.07, 6.45) is 4.90. The number of primary amides is 2. The highest BCUT2D eigenvalue weighted by molar-refractivity contribution is 6.06. The van der Waals surface area contributed by atoms with Crippen LogP contribution in [0.5, 0.6) is 0 Å². The molecule has 10 nitrogen and oxygen atoms in total. The first-order valence-corrected chi connectivity index (χ1v) is 19.5. The average molecular weight is 735 g/mol. The second-order valence-electron chi connectivity index (χ2n) is 14.7. The molecule has 6 aromatic rings. The Balaban J connectivity index is 0.000000169. The second kappa shape index (κ2) is 17.3. The average Bonchev–Trinajstić information content (AvgIpc) is 3.16. The van der Waals surface area contributed by atoms with Gasteiger partial charge in [0.1, 0.15) is 11.6 Å². The van der Waals surface area contributed by atoms with Gasteiger partial charge in [0.15, 0.2) is 0 Å². The zero-order valence-electron chi connectivity index (χ0n) is 31.8. The Morgan fingerprint density at radius 2 is 1.05 bits per heavy atom. The lowest BCUT2D eigenvalue weighted by atomic mass is 9.91. The number of likely N-dealkylation sites (tertiary alicyclic amines) is 2. The van der Waals surface area contributed by atoms with E-state index in [-0.39, 0.29) is 0 Å². The summed E-state index contributed by atoms with van der Waals surface area (Å²) in [5.41, 5.74) is 18.0. The molecule has 2 saturated heterocycles. The third-order valence-corrected chi connectivity index (χ3v) is 10.9. The van der Waals surface area contributed by atoms with Crippen molar-refractivity contribution in [2.24, 2.45) is 11.5 Å². The number of nitrogens with two attached hydrogens (primary N) is 2. The van der Waals surface area contributed by atoms with Crippen LogP contribution in [-0.2, 0) is 19.3 Å². The van der Waals surface area contributed by atoms with Gasteiger partial charge < -0.3 is 21.3 Å². The van der Waals surface area contributed by atoms with Gasteiger partial charge >= 0.3 is 0 Å². The molecule has 4 N–H and O–H groups in total. The molecule has 4 heterocycles. The third-order valence-electron chi connectivity index (χ3n) is 10.9. The van der Waals surface area contributed by atoms with Crippen molar-refractivity contribution in [3.63, 3.8) is 0 Å². The summed E-state index contributed by atoms with van der Waals surface area (Å²) >= 11 is 0. The highest BCUT2D eigenvalue weighted by Crippen LogP contribution is 2.30. The van der Waals surface area contributed by atoms with E-state index in [0.717, 1.165) is 60.3 Å². The van der Waals surface area contributed by atoms with Crippen LogP contribution >= 0.6 is 0 Å². The fourth-order valence-corrected chi connectivity index (χ4v) is 7.72. The van der Waals surface area contributed by atoms with E-state index in [2.05, 4.69) is 74.4 Å². The van der Waals surface area contributed by atoms with Crippen LogP contribution in [0.1, 0.15) is 86.5 Å². The zero-order valence-corrected chi connectivity index (χ0v) is 31.8. The monoisotopic (exact) mass is 734 g/mol. The zero-order chi connectivity index (χ0) is 38.3. The molecular weight excluding hydrogens is 685 g/mol. The molecule has 0 spiro atoms. The van der Waals surface area contributed by atoms with Crippen molar-refractivity contribution in [2.75, 3.05) is 39.3 Å². The quantitative estimate of drug-likeness (QED) is 0.139. The lowest BCUT2D eigenvalue weighted by Gasteiger charge is -2.34. The fraction of sp³-hybridized carbons (Fsp3) is 0.333. The predicted octanol–water partition coefficient (Wildman–Crippen LogP) is 6.39. The first-order chi connectivity index (χ1) is 26.8. The molecule has 282 valence electrons. The summed E-state index contributed by atoms with van der Waals surface area (Å²) in [7, 11) is 0. The van der Waals surface area contributed by atoms with Gasteiger partial charge in [0.2, 0.25) is 0 Å². The largest absolute Gasteiger partial charge is 0.366 e. The van der Waals surface area contributed by atoms with Crippen molar-refractivity contribution in [3.05, 3.63) is 142 Å². The Kier molecular flexibility index (Phi) is 11.8. The van der Waals surface area contributed by atoms with Gasteiger partial charge in [-0.05, 0) is 82.0 Å². The first-order valence-electron chi connectivity index (χ1n) is 19.5. The smallest absolute Gasteiger partial charge is 0.250 e. The van der Waals surface area contributed by atoms with Crippen molar-refractivity contribution in [1.29, 1.82) is 0 Å². The SMILES string of the molecule is CCc1nc(C[C@H](CN2CCC2)c2ccccc2)c2cccc(C(N)=O)c2n1.Cc1nc(C[C@H](CN2CCC2)c2ccccc2)c2cccc(C(N)=O)c2n1. The predicted molar refractivity (Wildman–Crippen MR) is 218 cm³/mol. The standard InChI is InChI=1S/C23H26N4O.C22H24N4O/c1-2-21-25-20(18-10-6-11-19(23(24)28)22(18)26-21)14-17(15-27-12-7-13-27)16-8-4-3-5-9-16;1-15-24-20(18-9-5-10-19(22(23)27)21(18)25-15)13-17(14-26-11-6-12-26)16-7-3-2-4-8-16/h3-6,8-11,17H,2,7,12-15H2,1H3,(H2,24,28);2-5,7-10,17H,6,11-14H2,1H3,(H2,23,27)/t2*17-/m11/s1. The number of aryl methyl sites for hydroxylation is 2. The fourth-order valence-electron chi connectivity index (χ4n) is 7.72. The molecule has 0 unspecified atom stereocenters. The molecule has 2 amide bonds. The van der Waals surface area contributed by atoms with Crippen molar-refractivity contribution in [3.8, 4) is 0 Å². The van der Waals surface area contributed by atoms with Gasteiger partial charge in [-0.1, -0.05) is 91.9 Å². The number of carbonyl (C=O) groups is 2. The molecule has 55 heavy (non-hydrogen) atoms. The van der Waals surface area contributed by atoms with Crippen molar-refractivity contribution in [1.82, 2.24) is 29.7 Å². The van der Waals surface area contributed by atoms with Gasteiger partial charge in [0, 0.05) is 42.1 Å². The lowest BCUT2D eigenvalue weighted by molar-refractivity contribution is 0.0993. The maximum absolute atomic E-state index is 11.9. The van der Waals surface area contributed by atoms with Crippen LogP contribution in [0.15, 0.2) is 97.1 Å². The molecule has 0 saturated carbocycles. The number of para-hydroxylation sites is 2. The number of nitrogens with zero attached hydrogens (tertiary/aromatic N) is 6. The Labute approximate surface area is 323 Å². The molecule has 2 aliphatic rings. The normalized spacial score (nSPS) is 15.4. The van der Waals surface area contributed by atoms with E-state index in [1.807, 2.05) is 44.2 Å². The summed E-state index contributed by atoms with van der Waals surface area (Å²) in [4.78, 5) is 47.4. The minimum Gasteiger partial charge on any atom is -0.366 e. The van der Waals surface area contributed by atoms with Crippen molar-refractivity contribution in [2.45, 2.75) is 57.8 Å². The minimum absolute atomic E-state index is 0.348. The Morgan fingerprint density at radius 1 is 0.600 bits per heavy atom. The number of amides is 2. The van der Waals surface area contributed by atoms with E-state index in [4.69, 9.17) is 21.4 Å². The summed E-state index contributed by atoms with van der Waals surface area (Å²) < 4.78 is 0. The maximum atomic E-state index is 11.9. The number of rotatable bonds is 13. The Hall–Kier alpha value is -5.58. The van der Waals surface area contributed by atoms with Crippen LogP contribution in [0.4, 0.5) is 0 Å². The van der Waals surface area contributed by atoms with E-state index in [1.165, 1.54) is 50.1 Å². The van der Waals surface area contributed by atoms with Gasteiger partial charge in [0.25, 0.3) is 11.8 Å². The lowest BCUT2D eigenvalue weighted by Crippen LogP contribution is -2.40. The van der Waals surface area contributed by atoms with Gasteiger partial charge in [0.05, 0.1) is 33.5 Å². The van der Waals surface area contributed by atoms with Crippen LogP contribution in [0, 0.1) is 6.92 Å². The van der Waals surface area contributed by atoms with Crippen molar-refractivity contribution < 1.29 is 9.59 Å². The van der Waals surface area contributed by atoms with Crippen LogP contribution in [0.25, 0.3) is 21.8 Å². The van der Waals surface area contributed by atoms with E-state index in [1.54, 1.807) is 12.1 Å². The van der Waals surface area contributed by atoms with Crippen LogP contribution < -0.4 is 11.5 Å². The Bertz CT molecular complexity index is 2270. The molecule has 0 radical (unpaired) electrons. The maximum Gasteiger partial charge on any atom is 0.250 e. The summed E-state index contributed by atoms with van der Waals surface area (Å²) in [5.74, 6) is 1.22. The first kappa shape index (κ1) is 37.7. The van der Waals surface area contributed by atoms with Crippen molar-refractivity contribution >= 4 is 33.6 Å². The topological polar surface area (TPSA) is 144 Å². The number of aromatic nitrogens is 4. The van der Waals surface area contributed by atoms with Gasteiger partial charge in [-0.25, -0.2) is 19.9 Å². The minimum atomic E-state index is -0.454. The molecule has 0 aliphatic carbocycles. The molecule has 2 aromatic heterocycles. The van der Waals surface area contributed by atoms with E-state index in [9.17, 15) is 9.59 Å². The Morgan fingerprint density at radius 3 is 1.47 bits per heavy atom.